The van der Waals surface area contributed by atoms with Gasteiger partial charge in [-0.15, -0.1) is 0 Å². The Labute approximate surface area is 182 Å². The lowest BCUT2D eigenvalue weighted by atomic mass is 10.0. The summed E-state index contributed by atoms with van der Waals surface area (Å²) in [5, 5.41) is 33.2. The van der Waals surface area contributed by atoms with Crippen LogP contribution >= 0.6 is 0 Å². The Kier molecular flexibility index (Phi) is 5.46. The van der Waals surface area contributed by atoms with Crippen molar-refractivity contribution in [2.75, 3.05) is 5.01 Å². The Morgan fingerprint density at radius 2 is 1.84 bits per heavy atom. The van der Waals surface area contributed by atoms with Gasteiger partial charge in [-0.3, -0.25) is 4.79 Å². The number of aromatic hydroxyl groups is 1. The number of para-hydroxylation sites is 1. The van der Waals surface area contributed by atoms with Gasteiger partial charge in [0.2, 0.25) is 0 Å². The quantitative estimate of drug-likeness (QED) is 0.565. The van der Waals surface area contributed by atoms with Crippen LogP contribution in [-0.2, 0) is 4.79 Å². The molecule has 4 rings (SSSR count). The van der Waals surface area contributed by atoms with Crippen LogP contribution in [0.25, 0.3) is 11.1 Å². The Bertz CT molecular complexity index is 1290. The van der Waals surface area contributed by atoms with Crippen molar-refractivity contribution in [2.45, 2.75) is 13.0 Å². The zero-order valence-electron chi connectivity index (χ0n) is 16.8. The largest absolute Gasteiger partial charge is 0.505 e. The van der Waals surface area contributed by atoms with E-state index in [-0.39, 0.29) is 22.7 Å². The van der Waals surface area contributed by atoms with Crippen LogP contribution in [0.2, 0.25) is 0 Å². The number of halogens is 1. The number of nitrogens with zero attached hydrogens (tertiary/aromatic N) is 4. The van der Waals surface area contributed by atoms with Crippen molar-refractivity contribution in [3.8, 4) is 16.9 Å². The third kappa shape index (κ3) is 3.95. The van der Waals surface area contributed by atoms with Gasteiger partial charge >= 0.3 is 5.97 Å². The first-order chi connectivity index (χ1) is 15.3. The van der Waals surface area contributed by atoms with Gasteiger partial charge in [0.1, 0.15) is 11.5 Å². The number of benzene rings is 3. The number of carboxylic acids is 1. The van der Waals surface area contributed by atoms with Gasteiger partial charge in [0, 0.05) is 5.56 Å². The number of carbonyl (C=O) groups is 2. The van der Waals surface area contributed by atoms with Crippen LogP contribution in [0.4, 0.5) is 15.8 Å². The zero-order valence-corrected chi connectivity index (χ0v) is 16.8. The van der Waals surface area contributed by atoms with E-state index in [1.54, 1.807) is 37.3 Å². The number of amides is 1. The van der Waals surface area contributed by atoms with E-state index in [0.717, 1.165) is 5.01 Å². The van der Waals surface area contributed by atoms with Crippen molar-refractivity contribution in [1.29, 1.82) is 0 Å². The average Bonchev–Trinajstić information content (AvgIpc) is 3.06. The van der Waals surface area contributed by atoms with Gasteiger partial charge in [-0.1, -0.05) is 30.3 Å². The summed E-state index contributed by atoms with van der Waals surface area (Å²) in [4.78, 5) is 24.0. The molecule has 3 aromatic carbocycles. The lowest BCUT2D eigenvalue weighted by molar-refractivity contribution is -0.117. The summed E-state index contributed by atoms with van der Waals surface area (Å²) in [5.41, 5.74) is 1.69. The molecule has 0 aliphatic carbocycles. The number of hydrogen-bond acceptors (Lipinski definition) is 6. The summed E-state index contributed by atoms with van der Waals surface area (Å²) in [6.45, 7) is 1.61. The third-order valence-electron chi connectivity index (χ3n) is 4.87. The van der Waals surface area contributed by atoms with Gasteiger partial charge in [-0.05, 0) is 48.9 Å². The zero-order chi connectivity index (χ0) is 22.8. The van der Waals surface area contributed by atoms with E-state index in [4.69, 9.17) is 0 Å². The molecule has 160 valence electrons. The van der Waals surface area contributed by atoms with E-state index in [0.29, 0.717) is 16.8 Å². The average molecular weight is 432 g/mol. The van der Waals surface area contributed by atoms with E-state index in [1.807, 2.05) is 0 Å². The number of phenols is 1. The number of azo groups is 1. The maximum Gasteiger partial charge on any atom is 0.335 e. The van der Waals surface area contributed by atoms with Crippen molar-refractivity contribution < 1.29 is 24.2 Å². The minimum absolute atomic E-state index is 0.0785. The molecule has 1 unspecified atom stereocenters. The van der Waals surface area contributed by atoms with E-state index in [1.165, 1.54) is 36.4 Å². The molecule has 0 fully saturated rings. The number of hydrazone groups is 1. The first kappa shape index (κ1) is 20.9. The van der Waals surface area contributed by atoms with Gasteiger partial charge in [0.15, 0.2) is 11.8 Å². The number of carboxylic acid groups (broad SMARTS) is 1. The fourth-order valence-corrected chi connectivity index (χ4v) is 3.27. The molecule has 0 saturated heterocycles. The van der Waals surface area contributed by atoms with Crippen LogP contribution in [0, 0.1) is 5.82 Å². The molecule has 0 spiro atoms. The molecule has 32 heavy (non-hydrogen) atoms. The smallest absolute Gasteiger partial charge is 0.335 e. The molecule has 1 atom stereocenters. The first-order valence-corrected chi connectivity index (χ1v) is 9.56. The third-order valence-corrected chi connectivity index (χ3v) is 4.87. The highest BCUT2D eigenvalue weighted by Crippen LogP contribution is 2.38. The number of carbonyl (C=O) groups excluding carboxylic acids is 1. The molecular weight excluding hydrogens is 415 g/mol. The van der Waals surface area contributed by atoms with Crippen LogP contribution in [-0.4, -0.2) is 33.8 Å². The molecule has 3 aromatic rings. The number of hydrogen-bond donors (Lipinski definition) is 2. The van der Waals surface area contributed by atoms with Crippen LogP contribution in [0.3, 0.4) is 0 Å². The Balaban J connectivity index is 1.61. The summed E-state index contributed by atoms with van der Waals surface area (Å²) in [7, 11) is 0. The predicted octanol–water partition coefficient (Wildman–Crippen LogP) is 4.77. The van der Waals surface area contributed by atoms with Gasteiger partial charge in [0.05, 0.1) is 17.0 Å². The summed E-state index contributed by atoms with van der Waals surface area (Å²) in [6, 6.07) is 15.4. The molecule has 9 heteroatoms. The van der Waals surface area contributed by atoms with E-state index < -0.39 is 23.7 Å². The number of anilines is 1. The maximum absolute atomic E-state index is 13.5. The van der Waals surface area contributed by atoms with E-state index in [9.17, 15) is 24.2 Å². The summed E-state index contributed by atoms with van der Waals surface area (Å²) >= 11 is 0. The van der Waals surface area contributed by atoms with E-state index in [2.05, 4.69) is 15.3 Å². The van der Waals surface area contributed by atoms with Crippen molar-refractivity contribution in [3.05, 3.63) is 78.1 Å². The molecule has 1 heterocycles. The molecule has 0 saturated carbocycles. The molecule has 1 amide bonds. The normalized spacial score (nSPS) is 15.9. The molecular formula is C23H17FN4O4. The molecule has 1 aliphatic rings. The minimum atomic E-state index is -1.08. The van der Waals surface area contributed by atoms with Gasteiger partial charge in [-0.25, -0.2) is 9.18 Å². The van der Waals surface area contributed by atoms with Gasteiger partial charge in [0.25, 0.3) is 5.91 Å². The summed E-state index contributed by atoms with van der Waals surface area (Å²) < 4.78 is 13.5. The fourth-order valence-electron chi connectivity index (χ4n) is 3.27. The summed E-state index contributed by atoms with van der Waals surface area (Å²) in [5.74, 6) is -2.29. The molecule has 1 aliphatic heterocycles. The SMILES string of the molecule is CC1=NN(c2cccc(F)c2)C(=O)C1N=Nc1cccc(-c2cccc(C(=O)O)c2)c1O. The van der Waals surface area contributed by atoms with E-state index >= 15 is 0 Å². The lowest BCUT2D eigenvalue weighted by Gasteiger charge is -2.12. The highest BCUT2D eigenvalue weighted by Gasteiger charge is 2.35. The van der Waals surface area contributed by atoms with Crippen molar-refractivity contribution in [2.24, 2.45) is 15.3 Å². The maximum atomic E-state index is 13.5. The topological polar surface area (TPSA) is 115 Å². The van der Waals surface area contributed by atoms with Crippen LogP contribution < -0.4 is 5.01 Å². The van der Waals surface area contributed by atoms with Crippen LogP contribution in [0.5, 0.6) is 5.75 Å². The second-order valence-electron chi connectivity index (χ2n) is 7.05. The predicted molar refractivity (Wildman–Crippen MR) is 116 cm³/mol. The van der Waals surface area contributed by atoms with Gasteiger partial charge in [-0.2, -0.15) is 20.3 Å². The van der Waals surface area contributed by atoms with Crippen LogP contribution in [0.15, 0.2) is 82.1 Å². The molecule has 2 N–H and O–H groups in total. The number of rotatable bonds is 5. The first-order valence-electron chi connectivity index (χ1n) is 9.56. The van der Waals surface area contributed by atoms with Crippen molar-refractivity contribution >= 4 is 29.0 Å². The Hall–Kier alpha value is -4.40. The van der Waals surface area contributed by atoms with Crippen LogP contribution in [0.1, 0.15) is 17.3 Å². The van der Waals surface area contributed by atoms with Crippen molar-refractivity contribution in [3.63, 3.8) is 0 Å². The lowest BCUT2D eigenvalue weighted by Crippen LogP contribution is -2.29. The summed E-state index contributed by atoms with van der Waals surface area (Å²) in [6.07, 6.45) is 0. The number of phenolic OH excluding ortho intramolecular Hbond substituents is 1. The van der Waals surface area contributed by atoms with Gasteiger partial charge < -0.3 is 10.2 Å². The Morgan fingerprint density at radius 3 is 2.59 bits per heavy atom. The minimum Gasteiger partial charge on any atom is -0.505 e. The van der Waals surface area contributed by atoms with Crippen molar-refractivity contribution in [1.82, 2.24) is 0 Å². The molecule has 8 nitrogen and oxygen atoms in total. The Morgan fingerprint density at radius 1 is 1.09 bits per heavy atom. The monoisotopic (exact) mass is 432 g/mol. The molecule has 0 aromatic heterocycles. The fraction of sp³-hybridized carbons (Fsp3) is 0.0870. The molecule has 0 radical (unpaired) electrons. The molecule has 0 bridgehead atoms. The highest BCUT2D eigenvalue weighted by atomic mass is 19.1. The highest BCUT2D eigenvalue weighted by molar-refractivity contribution is 6.18. The standard InChI is InChI=1S/C23H17FN4O4/c1-13-20(22(30)28(27-13)17-8-3-7-16(24)12-17)26-25-19-10-4-9-18(21(19)29)14-5-2-6-15(11-14)23(31)32/h2-12,20,29H,1H3,(H,31,32). The number of aromatic carboxylic acids is 1. The second kappa shape index (κ2) is 8.38. The second-order valence-corrected chi connectivity index (χ2v) is 7.05.